The van der Waals surface area contributed by atoms with Gasteiger partial charge in [0.1, 0.15) is 12.1 Å². The Labute approximate surface area is 127 Å². The van der Waals surface area contributed by atoms with Gasteiger partial charge in [0, 0.05) is 17.7 Å². The molecule has 0 saturated heterocycles. The van der Waals surface area contributed by atoms with Crippen molar-refractivity contribution in [2.24, 2.45) is 0 Å². The molecule has 1 aromatic heterocycles. The van der Waals surface area contributed by atoms with Crippen LogP contribution in [0.15, 0.2) is 42.7 Å². The van der Waals surface area contributed by atoms with Gasteiger partial charge in [0.2, 0.25) is 0 Å². The number of benzene rings is 2. The van der Waals surface area contributed by atoms with E-state index in [0.29, 0.717) is 17.8 Å². The van der Waals surface area contributed by atoms with Crippen LogP contribution in [0.25, 0.3) is 5.69 Å². The number of carbonyl (C=O) groups excluding carboxylic acids is 1. The fourth-order valence-electron chi connectivity index (χ4n) is 1.88. The van der Waals surface area contributed by atoms with Crippen LogP contribution in [0.4, 0.5) is 18.9 Å². The van der Waals surface area contributed by atoms with E-state index in [1.54, 1.807) is 12.1 Å². The smallest absolute Gasteiger partial charge is 0.255 e. The van der Waals surface area contributed by atoms with E-state index in [2.05, 4.69) is 20.8 Å². The van der Waals surface area contributed by atoms with Gasteiger partial charge in [-0.2, -0.15) is 0 Å². The number of aromatic nitrogens is 4. The van der Waals surface area contributed by atoms with Crippen molar-refractivity contribution >= 4 is 11.6 Å². The van der Waals surface area contributed by atoms with Crippen molar-refractivity contribution < 1.29 is 18.0 Å². The van der Waals surface area contributed by atoms with Crippen molar-refractivity contribution in [3.05, 3.63) is 65.7 Å². The van der Waals surface area contributed by atoms with E-state index in [9.17, 15) is 18.0 Å². The molecule has 0 aliphatic heterocycles. The first-order valence-corrected chi connectivity index (χ1v) is 6.34. The molecule has 0 spiro atoms. The first-order valence-electron chi connectivity index (χ1n) is 6.34. The highest BCUT2D eigenvalue weighted by Gasteiger charge is 2.14. The maximum absolute atomic E-state index is 13.6. The summed E-state index contributed by atoms with van der Waals surface area (Å²) < 4.78 is 40.9. The fraction of sp³-hybridized carbons (Fsp3) is 0. The Balaban J connectivity index is 1.87. The second kappa shape index (κ2) is 5.87. The summed E-state index contributed by atoms with van der Waals surface area (Å²) in [5.74, 6) is -4.36. The third-order valence-corrected chi connectivity index (χ3v) is 2.98. The third-order valence-electron chi connectivity index (χ3n) is 2.98. The van der Waals surface area contributed by atoms with Gasteiger partial charge < -0.3 is 5.32 Å². The maximum atomic E-state index is 13.6. The van der Waals surface area contributed by atoms with Crippen molar-refractivity contribution in [2.45, 2.75) is 0 Å². The van der Waals surface area contributed by atoms with Crippen LogP contribution in [-0.2, 0) is 0 Å². The van der Waals surface area contributed by atoms with Crippen molar-refractivity contribution in [3.8, 4) is 5.69 Å². The second-order valence-corrected chi connectivity index (χ2v) is 4.51. The Morgan fingerprint density at radius 2 is 1.83 bits per heavy atom. The predicted molar refractivity (Wildman–Crippen MR) is 73.4 cm³/mol. The third kappa shape index (κ3) is 3.03. The molecule has 23 heavy (non-hydrogen) atoms. The minimum atomic E-state index is -1.33. The molecule has 0 unspecified atom stereocenters. The molecule has 3 rings (SSSR count). The lowest BCUT2D eigenvalue weighted by Gasteiger charge is -2.08. The number of carbonyl (C=O) groups is 1. The molecular formula is C14H8F3N5O. The first kappa shape index (κ1) is 14.7. The molecule has 1 N–H and O–H groups in total. The van der Waals surface area contributed by atoms with Gasteiger partial charge in [-0.25, -0.2) is 17.9 Å². The van der Waals surface area contributed by atoms with Crippen LogP contribution in [-0.4, -0.2) is 26.1 Å². The lowest BCUT2D eigenvalue weighted by atomic mass is 10.2. The minimum absolute atomic E-state index is 0.169. The SMILES string of the molecule is O=C(Nc1cc(F)c(F)cc1F)c1cccc(-n2cnnn2)c1. The molecule has 0 bridgehead atoms. The van der Waals surface area contributed by atoms with Crippen LogP contribution < -0.4 is 5.32 Å². The Hall–Kier alpha value is -3.23. The van der Waals surface area contributed by atoms with Gasteiger partial charge in [-0.15, -0.1) is 5.10 Å². The predicted octanol–water partition coefficient (Wildman–Crippen LogP) is 2.33. The van der Waals surface area contributed by atoms with Crippen LogP contribution in [0.3, 0.4) is 0 Å². The largest absolute Gasteiger partial charge is 0.319 e. The zero-order chi connectivity index (χ0) is 16.4. The van der Waals surface area contributed by atoms with Crippen LogP contribution in [0.2, 0.25) is 0 Å². The number of hydrogen-bond donors (Lipinski definition) is 1. The summed E-state index contributed by atoms with van der Waals surface area (Å²) in [4.78, 5) is 12.1. The Morgan fingerprint density at radius 1 is 1.04 bits per heavy atom. The molecule has 0 radical (unpaired) electrons. The molecule has 116 valence electrons. The Morgan fingerprint density at radius 3 is 2.57 bits per heavy atom. The van der Waals surface area contributed by atoms with E-state index < -0.39 is 29.0 Å². The molecule has 3 aromatic rings. The van der Waals surface area contributed by atoms with Crippen molar-refractivity contribution in [3.63, 3.8) is 0 Å². The lowest BCUT2D eigenvalue weighted by Crippen LogP contribution is -2.14. The quantitative estimate of drug-likeness (QED) is 0.752. The summed E-state index contributed by atoms with van der Waals surface area (Å²) in [6, 6.07) is 7.11. The highest BCUT2D eigenvalue weighted by Crippen LogP contribution is 2.19. The zero-order valence-corrected chi connectivity index (χ0v) is 11.4. The monoisotopic (exact) mass is 319 g/mol. The van der Waals surface area contributed by atoms with E-state index in [-0.39, 0.29) is 5.56 Å². The van der Waals surface area contributed by atoms with E-state index in [1.165, 1.54) is 23.1 Å². The van der Waals surface area contributed by atoms with Gasteiger partial charge in [-0.05, 0) is 28.6 Å². The maximum Gasteiger partial charge on any atom is 0.255 e. The van der Waals surface area contributed by atoms with Gasteiger partial charge in [-0.1, -0.05) is 6.07 Å². The number of nitrogens with zero attached hydrogens (tertiary/aromatic N) is 4. The van der Waals surface area contributed by atoms with Crippen LogP contribution in [0, 0.1) is 17.5 Å². The number of anilines is 1. The topological polar surface area (TPSA) is 72.7 Å². The first-order chi connectivity index (χ1) is 11.0. The molecule has 0 atom stereocenters. The van der Waals surface area contributed by atoms with Gasteiger partial charge in [0.15, 0.2) is 11.6 Å². The summed E-state index contributed by atoms with van der Waals surface area (Å²) in [6.07, 6.45) is 1.34. The normalized spacial score (nSPS) is 10.6. The minimum Gasteiger partial charge on any atom is -0.319 e. The van der Waals surface area contributed by atoms with Crippen molar-refractivity contribution in [1.29, 1.82) is 0 Å². The lowest BCUT2D eigenvalue weighted by molar-refractivity contribution is 0.102. The van der Waals surface area contributed by atoms with Crippen molar-refractivity contribution in [2.75, 3.05) is 5.32 Å². The van der Waals surface area contributed by atoms with E-state index in [1.807, 2.05) is 0 Å². The summed E-state index contributed by atoms with van der Waals surface area (Å²) in [5, 5.41) is 12.8. The molecule has 0 saturated carbocycles. The molecule has 1 heterocycles. The number of rotatable bonds is 3. The average Bonchev–Trinajstić information content (AvgIpc) is 3.07. The fourth-order valence-corrected chi connectivity index (χ4v) is 1.88. The number of hydrogen-bond acceptors (Lipinski definition) is 4. The Bertz CT molecular complexity index is 867. The Kier molecular flexibility index (Phi) is 3.75. The summed E-state index contributed by atoms with van der Waals surface area (Å²) in [6.45, 7) is 0. The van der Waals surface area contributed by atoms with Crippen molar-refractivity contribution in [1.82, 2.24) is 20.2 Å². The van der Waals surface area contributed by atoms with Gasteiger partial charge in [0.25, 0.3) is 5.91 Å². The average molecular weight is 319 g/mol. The van der Waals surface area contributed by atoms with Crippen LogP contribution >= 0.6 is 0 Å². The number of amides is 1. The summed E-state index contributed by atoms with van der Waals surface area (Å²) >= 11 is 0. The highest BCUT2D eigenvalue weighted by atomic mass is 19.2. The van der Waals surface area contributed by atoms with Gasteiger partial charge >= 0.3 is 0 Å². The number of halogens is 3. The van der Waals surface area contributed by atoms with Crippen LogP contribution in [0.1, 0.15) is 10.4 Å². The molecule has 6 nitrogen and oxygen atoms in total. The molecule has 9 heteroatoms. The molecule has 2 aromatic carbocycles. The molecule has 1 amide bonds. The van der Waals surface area contributed by atoms with E-state index in [4.69, 9.17) is 0 Å². The molecule has 0 aliphatic carbocycles. The van der Waals surface area contributed by atoms with E-state index >= 15 is 0 Å². The summed E-state index contributed by atoms with van der Waals surface area (Å²) in [7, 11) is 0. The summed E-state index contributed by atoms with van der Waals surface area (Å²) in [5.41, 5.74) is 0.220. The van der Waals surface area contributed by atoms with E-state index in [0.717, 1.165) is 0 Å². The standard InChI is InChI=1S/C14H8F3N5O/c15-10-5-12(17)13(6-11(10)16)19-14(23)8-2-1-3-9(4-8)22-7-18-20-21-22/h1-7H,(H,19,23). The molecular weight excluding hydrogens is 311 g/mol. The second-order valence-electron chi connectivity index (χ2n) is 4.51. The highest BCUT2D eigenvalue weighted by molar-refractivity contribution is 6.04. The van der Waals surface area contributed by atoms with Crippen LogP contribution in [0.5, 0.6) is 0 Å². The van der Waals surface area contributed by atoms with Gasteiger partial charge in [-0.3, -0.25) is 4.79 Å². The van der Waals surface area contributed by atoms with Gasteiger partial charge in [0.05, 0.1) is 11.4 Å². The number of nitrogens with one attached hydrogen (secondary N) is 1. The molecule has 0 fully saturated rings. The zero-order valence-electron chi connectivity index (χ0n) is 11.4. The molecule has 0 aliphatic rings. The number of tetrazole rings is 1.